The molecule has 5 N–H and O–H groups in total. The number of fused-ring (bicyclic) bond motifs is 4. The van der Waals surface area contributed by atoms with Crippen LogP contribution in [0.2, 0.25) is 5.15 Å². The minimum atomic E-state index is -0.149. The summed E-state index contributed by atoms with van der Waals surface area (Å²) in [5.41, 5.74) is 13.7. The predicted octanol–water partition coefficient (Wildman–Crippen LogP) is 10.1. The van der Waals surface area contributed by atoms with Crippen molar-refractivity contribution < 1.29 is 10.2 Å². The lowest BCUT2D eigenvalue weighted by molar-refractivity contribution is 0.123. The van der Waals surface area contributed by atoms with Crippen molar-refractivity contribution >= 4 is 71.6 Å². The lowest BCUT2D eigenvalue weighted by Gasteiger charge is -2.27. The van der Waals surface area contributed by atoms with Crippen LogP contribution < -0.4 is 11.1 Å². The number of anilines is 1. The average molecular weight is 822 g/mol. The van der Waals surface area contributed by atoms with Crippen molar-refractivity contribution in [2.45, 2.75) is 103 Å². The number of aromatic nitrogens is 6. The van der Waals surface area contributed by atoms with E-state index in [-0.39, 0.29) is 12.2 Å². The van der Waals surface area contributed by atoms with E-state index in [0.717, 1.165) is 107 Å². The summed E-state index contributed by atoms with van der Waals surface area (Å²) < 4.78 is 6.36. The maximum absolute atomic E-state index is 9.77. The molecule has 13 heteroatoms. The Labute approximate surface area is 345 Å². The van der Waals surface area contributed by atoms with Crippen LogP contribution in [0, 0.1) is 27.7 Å². The van der Waals surface area contributed by atoms with Crippen LogP contribution in [0.1, 0.15) is 73.6 Å². The molecule has 6 heterocycles. The molecule has 6 aromatic heterocycles. The Balaban J connectivity index is 0.000000137. The summed E-state index contributed by atoms with van der Waals surface area (Å²) in [5, 5.41) is 34.8. The smallest absolute Gasteiger partial charge is 0.157 e. The molecule has 0 radical (unpaired) electrons. The Kier molecular flexibility index (Phi) is 11.6. The second-order valence-electron chi connectivity index (χ2n) is 15.4. The van der Waals surface area contributed by atoms with Crippen LogP contribution in [0.5, 0.6) is 0 Å². The third-order valence-electron chi connectivity index (χ3n) is 11.5. The quantitative estimate of drug-likeness (QED) is 0.138. The minimum Gasteiger partial charge on any atom is -0.393 e. The number of nitrogens with two attached hydrogens (primary N) is 1. The second-order valence-corrected chi connectivity index (χ2v) is 17.9. The van der Waals surface area contributed by atoms with Crippen LogP contribution in [0.3, 0.4) is 0 Å². The molecule has 2 aliphatic rings. The molecular formula is C44H49ClN8O2S2. The molecular weight excluding hydrogens is 772 g/mol. The summed E-state index contributed by atoms with van der Waals surface area (Å²) >= 11 is 9.75. The second kappa shape index (κ2) is 16.8. The Morgan fingerprint density at radius 1 is 0.649 bits per heavy atom. The van der Waals surface area contributed by atoms with Gasteiger partial charge in [-0.25, -0.2) is 19.0 Å². The van der Waals surface area contributed by atoms with Crippen molar-refractivity contribution in [1.82, 2.24) is 29.2 Å². The van der Waals surface area contributed by atoms with E-state index in [4.69, 9.17) is 27.5 Å². The number of benzene rings is 2. The van der Waals surface area contributed by atoms with Gasteiger partial charge in [0.05, 0.1) is 34.4 Å². The molecule has 10 nitrogen and oxygen atoms in total. The number of nitrogens with one attached hydrogen (secondary N) is 1. The van der Waals surface area contributed by atoms with Crippen molar-refractivity contribution in [2.75, 3.05) is 5.32 Å². The molecule has 2 aliphatic carbocycles. The number of aliphatic hydroxyl groups excluding tert-OH is 2. The number of thiophene rings is 2. The van der Waals surface area contributed by atoms with Crippen LogP contribution in [0.4, 0.5) is 5.82 Å². The van der Waals surface area contributed by atoms with Crippen molar-refractivity contribution in [3.63, 3.8) is 0 Å². The molecule has 10 rings (SSSR count). The Hall–Kier alpha value is -4.43. The molecule has 0 unspecified atom stereocenters. The summed E-state index contributed by atoms with van der Waals surface area (Å²) in [6.07, 6.45) is 11.1. The lowest BCUT2D eigenvalue weighted by atomic mass is 9.93. The van der Waals surface area contributed by atoms with Crippen molar-refractivity contribution in [3.8, 4) is 21.1 Å². The molecule has 296 valence electrons. The van der Waals surface area contributed by atoms with Gasteiger partial charge >= 0.3 is 0 Å². The van der Waals surface area contributed by atoms with Gasteiger partial charge in [0.25, 0.3) is 0 Å². The molecule has 2 aromatic carbocycles. The van der Waals surface area contributed by atoms with Gasteiger partial charge in [-0.15, -0.1) is 27.8 Å². The highest BCUT2D eigenvalue weighted by Crippen LogP contribution is 2.36. The summed E-state index contributed by atoms with van der Waals surface area (Å²) in [6, 6.07) is 21.9. The van der Waals surface area contributed by atoms with E-state index in [1.807, 2.05) is 35.3 Å². The van der Waals surface area contributed by atoms with Crippen LogP contribution >= 0.6 is 34.3 Å². The SMILES string of the molecule is Cc1c(Cl)nn2c(-c3cc4ccccc4s3)cnc2c1C.Cc1c(NC2CCC(O)CC2)nn2c(-c3cc4ccccc4s3)cnc2c1C.NC1CCC(O)CC1. The third-order valence-corrected chi connectivity index (χ3v) is 14.1. The van der Waals surface area contributed by atoms with Crippen molar-refractivity contribution in [2.24, 2.45) is 5.73 Å². The fraction of sp³-hybridized carbons (Fsp3) is 0.364. The molecule has 0 amide bonds. The van der Waals surface area contributed by atoms with Crippen molar-refractivity contribution in [3.05, 3.63) is 100 Å². The summed E-state index contributed by atoms with van der Waals surface area (Å²) in [7, 11) is 0. The summed E-state index contributed by atoms with van der Waals surface area (Å²) in [6.45, 7) is 8.22. The Morgan fingerprint density at radius 2 is 1.12 bits per heavy atom. The number of hydrogen-bond donors (Lipinski definition) is 4. The van der Waals surface area contributed by atoms with E-state index in [0.29, 0.717) is 17.2 Å². The van der Waals surface area contributed by atoms with Gasteiger partial charge in [0, 0.05) is 27.0 Å². The number of aryl methyl sites for hydroxylation is 2. The normalized spacial score (nSPS) is 19.7. The first-order valence-corrected chi connectivity index (χ1v) is 21.8. The van der Waals surface area contributed by atoms with E-state index < -0.39 is 0 Å². The number of imidazole rings is 2. The summed E-state index contributed by atoms with van der Waals surface area (Å²) in [5.74, 6) is 0.923. The Bertz CT molecular complexity index is 2590. The highest BCUT2D eigenvalue weighted by molar-refractivity contribution is 7.22. The first-order valence-electron chi connectivity index (χ1n) is 19.8. The molecule has 0 aliphatic heterocycles. The Morgan fingerprint density at radius 3 is 1.63 bits per heavy atom. The first kappa shape index (κ1) is 39.4. The zero-order chi connectivity index (χ0) is 39.8. The maximum Gasteiger partial charge on any atom is 0.157 e. The highest BCUT2D eigenvalue weighted by Gasteiger charge is 2.22. The van der Waals surface area contributed by atoms with E-state index in [2.05, 4.69) is 94.9 Å². The topological polar surface area (TPSA) is 139 Å². The monoisotopic (exact) mass is 820 g/mol. The van der Waals surface area contributed by atoms with Gasteiger partial charge in [0.1, 0.15) is 11.4 Å². The van der Waals surface area contributed by atoms with Gasteiger partial charge < -0.3 is 21.3 Å². The van der Waals surface area contributed by atoms with Crippen molar-refractivity contribution in [1.29, 1.82) is 0 Å². The van der Waals surface area contributed by atoms with E-state index >= 15 is 0 Å². The number of halogens is 1. The highest BCUT2D eigenvalue weighted by atomic mass is 35.5. The number of aliphatic hydroxyl groups is 2. The third kappa shape index (κ3) is 8.30. The molecule has 0 atom stereocenters. The average Bonchev–Trinajstić information content (AvgIpc) is 4.03. The standard InChI is InChI=1S/C22H24N4OS.C16H12ClN3S.C6H13NO/c1-13-14(2)22-23-12-18(20-11-15-5-3-4-6-19(15)28-20)26(22)25-21(13)24-16-7-9-17(27)10-8-16;1-9-10(2)16-18-8-12(20(16)19-15(9)17)14-7-11-5-3-4-6-13(11)21-14;7-5-1-3-6(8)4-2-5/h3-6,11-12,16-17,27H,7-10H2,1-2H3,(H,24,25);3-8H,1-2H3;5-6,8H,1-4,7H2. The molecule has 0 spiro atoms. The van der Waals surface area contributed by atoms with E-state index in [1.165, 1.54) is 25.0 Å². The molecule has 2 fully saturated rings. The minimum absolute atomic E-state index is 0.0604. The van der Waals surface area contributed by atoms with Crippen LogP contribution in [-0.2, 0) is 0 Å². The van der Waals surface area contributed by atoms with Crippen LogP contribution in [0.15, 0.2) is 73.1 Å². The fourth-order valence-corrected chi connectivity index (χ4v) is 9.95. The zero-order valence-corrected chi connectivity index (χ0v) is 35.1. The predicted molar refractivity (Wildman–Crippen MR) is 236 cm³/mol. The lowest BCUT2D eigenvalue weighted by Crippen LogP contribution is -2.29. The molecule has 8 aromatic rings. The number of nitrogens with zero attached hydrogens (tertiary/aromatic N) is 6. The number of rotatable bonds is 4. The maximum atomic E-state index is 9.77. The van der Waals surface area contributed by atoms with Gasteiger partial charge in [-0.2, -0.15) is 5.10 Å². The van der Waals surface area contributed by atoms with Gasteiger partial charge in [-0.3, -0.25) is 0 Å². The fourth-order valence-electron chi connectivity index (χ4n) is 7.62. The van der Waals surface area contributed by atoms with Crippen LogP contribution in [0.25, 0.3) is 52.6 Å². The van der Waals surface area contributed by atoms with Gasteiger partial charge in [0.15, 0.2) is 22.3 Å². The number of hydrogen-bond acceptors (Lipinski definition) is 10. The van der Waals surface area contributed by atoms with E-state index in [9.17, 15) is 5.11 Å². The van der Waals surface area contributed by atoms with Gasteiger partial charge in [-0.05, 0) is 131 Å². The van der Waals surface area contributed by atoms with Gasteiger partial charge in [-0.1, -0.05) is 48.0 Å². The largest absolute Gasteiger partial charge is 0.393 e. The molecule has 0 saturated heterocycles. The zero-order valence-electron chi connectivity index (χ0n) is 32.7. The summed E-state index contributed by atoms with van der Waals surface area (Å²) in [4.78, 5) is 11.5. The first-order chi connectivity index (χ1) is 27.5. The molecule has 57 heavy (non-hydrogen) atoms. The molecule has 0 bridgehead atoms. The van der Waals surface area contributed by atoms with E-state index in [1.54, 1.807) is 22.7 Å². The van der Waals surface area contributed by atoms with Crippen LogP contribution in [-0.4, -0.2) is 63.7 Å². The van der Waals surface area contributed by atoms with Gasteiger partial charge in [0.2, 0.25) is 0 Å². The molecule has 2 saturated carbocycles.